The molecule has 6 heteroatoms. The lowest BCUT2D eigenvalue weighted by atomic mass is 9.99. The van der Waals surface area contributed by atoms with E-state index in [-0.39, 0.29) is 11.8 Å². The summed E-state index contributed by atoms with van der Waals surface area (Å²) in [5, 5.41) is 6.20. The van der Waals surface area contributed by atoms with Crippen LogP contribution in [0.5, 0.6) is 11.5 Å². The van der Waals surface area contributed by atoms with Crippen LogP contribution in [0, 0.1) is 5.92 Å². The lowest BCUT2D eigenvalue weighted by molar-refractivity contribution is -0.120. The fraction of sp³-hybridized carbons (Fsp3) is 0.368. The molecule has 2 aromatic rings. The molecule has 1 atom stereocenters. The molecule has 4 rings (SSSR count). The van der Waals surface area contributed by atoms with Crippen LogP contribution < -0.4 is 20.1 Å². The highest BCUT2D eigenvalue weighted by atomic mass is 16.6. The van der Waals surface area contributed by atoms with Gasteiger partial charge in [0.15, 0.2) is 11.5 Å². The zero-order valence-corrected chi connectivity index (χ0v) is 14.0. The van der Waals surface area contributed by atoms with E-state index < -0.39 is 0 Å². The first-order chi connectivity index (χ1) is 12.3. The molecule has 0 radical (unpaired) electrons. The molecular formula is C19H21N3O3. The number of carbonyl (C=O) groups is 1. The molecule has 1 fully saturated rings. The number of hydrogen-bond acceptors (Lipinski definition) is 5. The molecular weight excluding hydrogens is 318 g/mol. The molecule has 1 saturated heterocycles. The quantitative estimate of drug-likeness (QED) is 0.899. The van der Waals surface area contributed by atoms with Crippen LogP contribution in [0.1, 0.15) is 12.8 Å². The summed E-state index contributed by atoms with van der Waals surface area (Å²) in [5.74, 6) is 2.09. The average molecular weight is 339 g/mol. The summed E-state index contributed by atoms with van der Waals surface area (Å²) in [4.78, 5) is 17.0. The molecule has 2 N–H and O–H groups in total. The zero-order chi connectivity index (χ0) is 17.1. The van der Waals surface area contributed by atoms with E-state index in [2.05, 4.69) is 15.6 Å². The first kappa shape index (κ1) is 15.9. The fourth-order valence-electron chi connectivity index (χ4n) is 3.17. The molecule has 0 spiro atoms. The molecule has 1 aromatic heterocycles. The zero-order valence-electron chi connectivity index (χ0n) is 14.0. The Hall–Kier alpha value is -2.60. The van der Waals surface area contributed by atoms with E-state index in [4.69, 9.17) is 9.47 Å². The molecule has 0 aliphatic carbocycles. The lowest BCUT2D eigenvalue weighted by Crippen LogP contribution is -2.37. The van der Waals surface area contributed by atoms with E-state index in [0.29, 0.717) is 19.0 Å². The molecule has 2 aliphatic rings. The predicted molar refractivity (Wildman–Crippen MR) is 94.9 cm³/mol. The molecule has 1 aromatic carbocycles. The van der Waals surface area contributed by atoms with E-state index in [1.807, 2.05) is 36.4 Å². The minimum absolute atomic E-state index is 0.00787. The number of pyridine rings is 1. The van der Waals surface area contributed by atoms with Crippen LogP contribution in [0.4, 0.5) is 5.82 Å². The number of ether oxygens (including phenoxy) is 2. The van der Waals surface area contributed by atoms with Crippen molar-refractivity contribution in [2.24, 2.45) is 5.92 Å². The summed E-state index contributed by atoms with van der Waals surface area (Å²) in [6.07, 6.45) is 1.95. The summed E-state index contributed by atoms with van der Waals surface area (Å²) in [6, 6.07) is 11.4. The molecule has 130 valence electrons. The lowest BCUT2D eigenvalue weighted by Gasteiger charge is -2.21. The number of amides is 1. The second-order valence-corrected chi connectivity index (χ2v) is 6.30. The van der Waals surface area contributed by atoms with E-state index in [9.17, 15) is 4.79 Å². The number of anilines is 1. The number of nitrogens with zero attached hydrogens (tertiary/aromatic N) is 1. The van der Waals surface area contributed by atoms with Crippen molar-refractivity contribution < 1.29 is 14.3 Å². The number of rotatable bonds is 3. The molecule has 1 unspecified atom stereocenters. The third-order valence-electron chi connectivity index (χ3n) is 4.51. The number of fused-ring (bicyclic) bond motifs is 1. The standard InChI is InChI=1S/C19H21N3O3/c23-19(14-3-2-8-20-12-14)22-18-5-1-4-15(21-18)13-6-7-16-17(11-13)25-10-9-24-16/h1,4-7,11,14,20H,2-3,8-10,12H2,(H,21,22,23). The molecule has 6 nitrogen and oxygen atoms in total. The maximum Gasteiger partial charge on any atom is 0.229 e. The van der Waals surface area contributed by atoms with Crippen LogP contribution in [0.15, 0.2) is 36.4 Å². The van der Waals surface area contributed by atoms with Gasteiger partial charge < -0.3 is 20.1 Å². The van der Waals surface area contributed by atoms with Gasteiger partial charge in [0.2, 0.25) is 5.91 Å². The number of benzene rings is 1. The Morgan fingerprint density at radius 3 is 2.88 bits per heavy atom. The highest BCUT2D eigenvalue weighted by Gasteiger charge is 2.21. The Morgan fingerprint density at radius 1 is 1.16 bits per heavy atom. The highest BCUT2D eigenvalue weighted by molar-refractivity contribution is 5.92. The third kappa shape index (κ3) is 3.58. The van der Waals surface area contributed by atoms with Crippen molar-refractivity contribution in [3.05, 3.63) is 36.4 Å². The van der Waals surface area contributed by atoms with Gasteiger partial charge in [-0.05, 0) is 49.7 Å². The maximum atomic E-state index is 12.4. The number of hydrogen-bond donors (Lipinski definition) is 2. The normalized spacial score (nSPS) is 19.3. The summed E-state index contributed by atoms with van der Waals surface area (Å²) in [5.41, 5.74) is 1.72. The van der Waals surface area contributed by atoms with Crippen LogP contribution in [0.3, 0.4) is 0 Å². The SMILES string of the molecule is O=C(Nc1cccc(-c2ccc3c(c2)OCCO3)n1)C1CCCNC1. The molecule has 2 aliphatic heterocycles. The predicted octanol–water partition coefficient (Wildman–Crippen LogP) is 2.46. The van der Waals surface area contributed by atoms with Crippen molar-refractivity contribution in [2.45, 2.75) is 12.8 Å². The van der Waals surface area contributed by atoms with E-state index in [1.165, 1.54) is 0 Å². The second-order valence-electron chi connectivity index (χ2n) is 6.30. The third-order valence-corrected chi connectivity index (χ3v) is 4.51. The van der Waals surface area contributed by atoms with Gasteiger partial charge in [-0.25, -0.2) is 4.98 Å². The highest BCUT2D eigenvalue weighted by Crippen LogP contribution is 2.34. The first-order valence-electron chi connectivity index (χ1n) is 8.68. The summed E-state index contributed by atoms with van der Waals surface area (Å²) in [6.45, 7) is 2.84. The van der Waals surface area contributed by atoms with Crippen LogP contribution in [0.25, 0.3) is 11.3 Å². The summed E-state index contributed by atoms with van der Waals surface area (Å²) < 4.78 is 11.2. The van der Waals surface area contributed by atoms with Crippen LogP contribution in [-0.4, -0.2) is 37.2 Å². The van der Waals surface area contributed by atoms with Crippen LogP contribution in [-0.2, 0) is 4.79 Å². The Balaban J connectivity index is 1.52. The van der Waals surface area contributed by atoms with Gasteiger partial charge in [0.1, 0.15) is 19.0 Å². The minimum atomic E-state index is 0.00787. The Labute approximate surface area is 146 Å². The number of carbonyl (C=O) groups excluding carboxylic acids is 1. The maximum absolute atomic E-state index is 12.4. The molecule has 25 heavy (non-hydrogen) atoms. The first-order valence-corrected chi connectivity index (χ1v) is 8.68. The molecule has 0 saturated carbocycles. The Bertz CT molecular complexity index is 772. The van der Waals surface area contributed by atoms with E-state index in [0.717, 1.165) is 48.7 Å². The van der Waals surface area contributed by atoms with E-state index >= 15 is 0 Å². The largest absolute Gasteiger partial charge is 0.486 e. The Kier molecular flexibility index (Phi) is 4.52. The van der Waals surface area contributed by atoms with Crippen molar-refractivity contribution in [2.75, 3.05) is 31.6 Å². The van der Waals surface area contributed by atoms with Gasteiger partial charge >= 0.3 is 0 Å². The molecule has 1 amide bonds. The van der Waals surface area contributed by atoms with Gasteiger partial charge in [0.05, 0.1) is 11.6 Å². The van der Waals surface area contributed by atoms with Gasteiger partial charge in [-0.2, -0.15) is 0 Å². The van der Waals surface area contributed by atoms with Gasteiger partial charge in [-0.1, -0.05) is 6.07 Å². The van der Waals surface area contributed by atoms with E-state index in [1.54, 1.807) is 0 Å². The number of piperidine rings is 1. The second kappa shape index (κ2) is 7.11. The minimum Gasteiger partial charge on any atom is -0.486 e. The van der Waals surface area contributed by atoms with Gasteiger partial charge in [-0.15, -0.1) is 0 Å². The summed E-state index contributed by atoms with van der Waals surface area (Å²) >= 11 is 0. The average Bonchev–Trinajstić information content (AvgIpc) is 2.68. The van der Waals surface area contributed by atoms with Gasteiger partial charge in [0, 0.05) is 12.1 Å². The Morgan fingerprint density at radius 2 is 2.04 bits per heavy atom. The van der Waals surface area contributed by atoms with Crippen molar-refractivity contribution in [1.29, 1.82) is 0 Å². The van der Waals surface area contributed by atoms with Crippen molar-refractivity contribution in [3.63, 3.8) is 0 Å². The van der Waals surface area contributed by atoms with Gasteiger partial charge in [0.25, 0.3) is 0 Å². The van der Waals surface area contributed by atoms with Crippen molar-refractivity contribution in [3.8, 4) is 22.8 Å². The monoisotopic (exact) mass is 339 g/mol. The van der Waals surface area contributed by atoms with Crippen LogP contribution in [0.2, 0.25) is 0 Å². The summed E-state index contributed by atoms with van der Waals surface area (Å²) in [7, 11) is 0. The molecule has 3 heterocycles. The number of nitrogens with one attached hydrogen (secondary N) is 2. The fourth-order valence-corrected chi connectivity index (χ4v) is 3.17. The van der Waals surface area contributed by atoms with Crippen LogP contribution >= 0.6 is 0 Å². The van der Waals surface area contributed by atoms with Crippen molar-refractivity contribution >= 4 is 11.7 Å². The van der Waals surface area contributed by atoms with Crippen molar-refractivity contribution in [1.82, 2.24) is 10.3 Å². The molecule has 0 bridgehead atoms. The topological polar surface area (TPSA) is 72.5 Å². The van der Waals surface area contributed by atoms with Gasteiger partial charge in [-0.3, -0.25) is 4.79 Å². The smallest absolute Gasteiger partial charge is 0.229 e. The number of aromatic nitrogens is 1.